The average molecular weight is 310 g/mol. The number of aryl methyl sites for hydroxylation is 1. The van der Waals surface area contributed by atoms with Gasteiger partial charge in [-0.3, -0.25) is 9.48 Å². The highest BCUT2D eigenvalue weighted by atomic mass is 16.2. The summed E-state index contributed by atoms with van der Waals surface area (Å²) in [5, 5.41) is 15.9. The lowest BCUT2D eigenvalue weighted by molar-refractivity contribution is 0.0921. The predicted octanol–water partition coefficient (Wildman–Crippen LogP) is 1.09. The van der Waals surface area contributed by atoms with Crippen LogP contribution >= 0.6 is 0 Å². The number of nitriles is 1. The molecule has 1 amide bonds. The van der Waals surface area contributed by atoms with Gasteiger partial charge in [0.25, 0.3) is 5.91 Å². The molecule has 0 aromatic carbocycles. The number of anilines is 1. The predicted molar refractivity (Wildman–Crippen MR) is 84.9 cm³/mol. The fourth-order valence-corrected chi connectivity index (χ4v) is 2.75. The molecule has 0 radical (unpaired) electrons. The Bertz CT molecular complexity index is 722. The number of hydrogen-bond donors (Lipinski definition) is 1. The summed E-state index contributed by atoms with van der Waals surface area (Å²) in [4.78, 5) is 18.7. The Hall–Kier alpha value is -2.88. The largest absolute Gasteiger partial charge is 0.356 e. The van der Waals surface area contributed by atoms with E-state index in [0.29, 0.717) is 11.3 Å². The molecule has 7 heteroatoms. The Labute approximate surface area is 134 Å². The molecule has 2 aromatic rings. The summed E-state index contributed by atoms with van der Waals surface area (Å²) in [7, 11) is 1.76. The van der Waals surface area contributed by atoms with Crippen LogP contribution in [0, 0.1) is 11.3 Å². The van der Waals surface area contributed by atoms with Crippen LogP contribution in [0.3, 0.4) is 0 Å². The number of amides is 1. The number of carbonyl (C=O) groups excluding carboxylic acids is 1. The first-order valence-electron chi connectivity index (χ1n) is 7.57. The van der Waals surface area contributed by atoms with Gasteiger partial charge >= 0.3 is 0 Å². The lowest BCUT2D eigenvalue weighted by Crippen LogP contribution is -2.45. The van der Waals surface area contributed by atoms with Crippen molar-refractivity contribution in [1.29, 1.82) is 5.26 Å². The lowest BCUT2D eigenvalue weighted by Gasteiger charge is -2.33. The molecule has 1 N–H and O–H groups in total. The fourth-order valence-electron chi connectivity index (χ4n) is 2.75. The molecule has 1 saturated heterocycles. The fraction of sp³-hybridized carbons (Fsp3) is 0.375. The Kier molecular flexibility index (Phi) is 4.24. The topological polar surface area (TPSA) is 86.8 Å². The Balaban J connectivity index is 1.55. The van der Waals surface area contributed by atoms with Crippen LogP contribution in [-0.4, -0.2) is 39.8 Å². The van der Waals surface area contributed by atoms with Crippen molar-refractivity contribution >= 4 is 11.7 Å². The molecule has 1 fully saturated rings. The van der Waals surface area contributed by atoms with Crippen LogP contribution in [-0.2, 0) is 7.05 Å². The summed E-state index contributed by atoms with van der Waals surface area (Å²) in [6, 6.07) is 7.59. The van der Waals surface area contributed by atoms with Gasteiger partial charge in [-0.25, -0.2) is 4.98 Å². The first-order chi connectivity index (χ1) is 11.2. The molecule has 1 aliphatic rings. The molecule has 0 saturated carbocycles. The van der Waals surface area contributed by atoms with E-state index >= 15 is 0 Å². The molecule has 3 heterocycles. The molecule has 3 rings (SSSR count). The molecule has 0 aliphatic carbocycles. The van der Waals surface area contributed by atoms with Crippen LogP contribution < -0.4 is 10.2 Å². The van der Waals surface area contributed by atoms with E-state index in [9.17, 15) is 4.79 Å². The van der Waals surface area contributed by atoms with E-state index in [1.165, 1.54) is 0 Å². The van der Waals surface area contributed by atoms with Crippen molar-refractivity contribution in [3.8, 4) is 6.07 Å². The molecule has 1 aliphatic heterocycles. The van der Waals surface area contributed by atoms with Gasteiger partial charge in [0.15, 0.2) is 0 Å². The van der Waals surface area contributed by atoms with Gasteiger partial charge in [0.05, 0.1) is 5.56 Å². The highest BCUT2D eigenvalue weighted by molar-refractivity contribution is 5.92. The smallest absolute Gasteiger partial charge is 0.269 e. The number of pyridine rings is 1. The van der Waals surface area contributed by atoms with Gasteiger partial charge in [-0.05, 0) is 31.0 Å². The lowest BCUT2D eigenvalue weighted by atomic mass is 10.0. The molecule has 0 bridgehead atoms. The van der Waals surface area contributed by atoms with Crippen molar-refractivity contribution in [2.75, 3.05) is 18.0 Å². The van der Waals surface area contributed by atoms with Crippen molar-refractivity contribution in [3.63, 3.8) is 0 Å². The summed E-state index contributed by atoms with van der Waals surface area (Å²) in [6.45, 7) is 1.66. The average Bonchev–Trinajstić information content (AvgIpc) is 3.02. The first kappa shape index (κ1) is 15.0. The molecule has 0 spiro atoms. The quantitative estimate of drug-likeness (QED) is 0.917. The van der Waals surface area contributed by atoms with Gasteiger partial charge in [-0.1, -0.05) is 0 Å². The summed E-state index contributed by atoms with van der Waals surface area (Å²) in [6.07, 6.45) is 4.94. The van der Waals surface area contributed by atoms with E-state index in [4.69, 9.17) is 5.26 Å². The minimum Gasteiger partial charge on any atom is -0.356 e. The molecule has 7 nitrogen and oxygen atoms in total. The zero-order valence-corrected chi connectivity index (χ0v) is 12.9. The molecule has 2 aromatic heterocycles. The number of piperidine rings is 1. The van der Waals surface area contributed by atoms with Gasteiger partial charge < -0.3 is 10.2 Å². The van der Waals surface area contributed by atoms with Crippen LogP contribution in [0.15, 0.2) is 30.6 Å². The van der Waals surface area contributed by atoms with Crippen LogP contribution in [0.2, 0.25) is 0 Å². The molecule has 0 unspecified atom stereocenters. The second-order valence-corrected chi connectivity index (χ2v) is 5.59. The molecule has 0 atom stereocenters. The maximum Gasteiger partial charge on any atom is 0.269 e. The zero-order valence-electron chi connectivity index (χ0n) is 12.9. The number of nitrogens with zero attached hydrogens (tertiary/aromatic N) is 5. The first-order valence-corrected chi connectivity index (χ1v) is 7.57. The van der Waals surface area contributed by atoms with E-state index in [2.05, 4.69) is 26.4 Å². The number of aromatic nitrogens is 3. The molecule has 118 valence electrons. The van der Waals surface area contributed by atoms with E-state index in [1.807, 2.05) is 6.07 Å². The van der Waals surface area contributed by atoms with Crippen molar-refractivity contribution in [2.24, 2.45) is 7.05 Å². The Morgan fingerprint density at radius 2 is 2.13 bits per heavy atom. The zero-order chi connectivity index (χ0) is 16.2. The number of rotatable bonds is 3. The maximum atomic E-state index is 12.2. The summed E-state index contributed by atoms with van der Waals surface area (Å²) < 4.78 is 1.57. The van der Waals surface area contributed by atoms with Crippen molar-refractivity contribution < 1.29 is 4.79 Å². The number of carbonyl (C=O) groups is 1. The van der Waals surface area contributed by atoms with E-state index < -0.39 is 0 Å². The van der Waals surface area contributed by atoms with E-state index in [1.54, 1.807) is 36.3 Å². The third-order valence-electron chi connectivity index (χ3n) is 4.08. The Morgan fingerprint density at radius 1 is 1.35 bits per heavy atom. The monoisotopic (exact) mass is 310 g/mol. The van der Waals surface area contributed by atoms with Gasteiger partial charge in [0, 0.05) is 38.6 Å². The number of nitrogens with one attached hydrogen (secondary N) is 1. The summed E-state index contributed by atoms with van der Waals surface area (Å²) in [5.74, 6) is 0.792. The van der Waals surface area contributed by atoms with Crippen molar-refractivity contribution in [2.45, 2.75) is 18.9 Å². The van der Waals surface area contributed by atoms with Gasteiger partial charge in [0.1, 0.15) is 17.6 Å². The normalized spacial score (nSPS) is 15.2. The van der Waals surface area contributed by atoms with Crippen LogP contribution in [0.25, 0.3) is 0 Å². The highest BCUT2D eigenvalue weighted by Crippen LogP contribution is 2.18. The van der Waals surface area contributed by atoms with Crippen molar-refractivity contribution in [1.82, 2.24) is 20.1 Å². The van der Waals surface area contributed by atoms with Gasteiger partial charge in [-0.2, -0.15) is 10.4 Å². The van der Waals surface area contributed by atoms with Crippen LogP contribution in [0.4, 0.5) is 5.82 Å². The summed E-state index contributed by atoms with van der Waals surface area (Å²) >= 11 is 0. The van der Waals surface area contributed by atoms with E-state index in [-0.39, 0.29) is 11.9 Å². The second-order valence-electron chi connectivity index (χ2n) is 5.59. The SMILES string of the molecule is Cn1nccc1C(=O)NC1CCN(c2ccc(C#N)cn2)CC1. The minimum absolute atomic E-state index is 0.0834. The third-order valence-corrected chi connectivity index (χ3v) is 4.08. The molecule has 23 heavy (non-hydrogen) atoms. The highest BCUT2D eigenvalue weighted by Gasteiger charge is 2.22. The molecular weight excluding hydrogens is 292 g/mol. The van der Waals surface area contributed by atoms with E-state index in [0.717, 1.165) is 31.7 Å². The summed E-state index contributed by atoms with van der Waals surface area (Å²) in [5.41, 5.74) is 1.13. The standard InChI is InChI=1S/C16H18N6O/c1-21-14(4-7-19-21)16(23)20-13-5-8-22(9-6-13)15-3-2-12(10-17)11-18-15/h2-4,7,11,13H,5-6,8-9H2,1H3,(H,20,23). The van der Waals surface area contributed by atoms with Crippen LogP contribution in [0.1, 0.15) is 28.9 Å². The Morgan fingerprint density at radius 3 is 2.70 bits per heavy atom. The minimum atomic E-state index is -0.0834. The number of hydrogen-bond acceptors (Lipinski definition) is 5. The third kappa shape index (κ3) is 3.31. The van der Waals surface area contributed by atoms with Crippen LogP contribution in [0.5, 0.6) is 0 Å². The van der Waals surface area contributed by atoms with Crippen molar-refractivity contribution in [3.05, 3.63) is 41.9 Å². The maximum absolute atomic E-state index is 12.2. The van der Waals surface area contributed by atoms with Gasteiger partial charge in [-0.15, -0.1) is 0 Å². The van der Waals surface area contributed by atoms with Gasteiger partial charge in [0.2, 0.25) is 0 Å². The molecular formula is C16H18N6O. The second kappa shape index (κ2) is 6.48.